The maximum Gasteiger partial charge on any atom is 0.229 e. The third kappa shape index (κ3) is 1.40. The Morgan fingerprint density at radius 3 is 2.38 bits per heavy atom. The van der Waals surface area contributed by atoms with E-state index >= 15 is 0 Å². The number of aromatic hydroxyl groups is 1. The van der Waals surface area contributed by atoms with Crippen molar-refractivity contribution in [1.29, 1.82) is 0 Å². The molecule has 3 heteroatoms. The predicted octanol–water partition coefficient (Wildman–Crippen LogP) is 2.01. The number of benzene rings is 1. The van der Waals surface area contributed by atoms with E-state index in [9.17, 15) is 5.11 Å². The molecule has 0 aliphatic heterocycles. The molecule has 0 fully saturated rings. The van der Waals surface area contributed by atoms with Gasteiger partial charge in [-0.1, -0.05) is 24.3 Å². The predicted molar refractivity (Wildman–Crippen MR) is 61.5 cm³/mol. The summed E-state index contributed by atoms with van der Waals surface area (Å²) < 4.78 is 1.92. The second-order valence-corrected chi connectivity index (χ2v) is 4.44. The first-order valence-corrected chi connectivity index (χ1v) is 5.53. The van der Waals surface area contributed by atoms with Gasteiger partial charge in [0.2, 0.25) is 5.88 Å². The van der Waals surface area contributed by atoms with Gasteiger partial charge in [0.15, 0.2) is 0 Å². The van der Waals surface area contributed by atoms with Gasteiger partial charge in [-0.25, -0.2) is 0 Å². The molecule has 0 bridgehead atoms. The Balaban J connectivity index is 1.94. The van der Waals surface area contributed by atoms with E-state index in [1.165, 1.54) is 11.1 Å². The molecule has 0 radical (unpaired) electrons. The molecule has 0 amide bonds. The lowest BCUT2D eigenvalue weighted by molar-refractivity contribution is 0.454. The second-order valence-electron chi connectivity index (χ2n) is 4.44. The molecule has 1 N–H and O–H groups in total. The lowest BCUT2D eigenvalue weighted by atomic mass is 10.1. The van der Waals surface area contributed by atoms with Gasteiger partial charge in [0.1, 0.15) is 5.82 Å². The Kier molecular flexibility index (Phi) is 1.99. The molecule has 1 heterocycles. The third-order valence-corrected chi connectivity index (χ3v) is 3.32. The molecule has 82 valence electrons. The van der Waals surface area contributed by atoms with E-state index in [1.54, 1.807) is 6.20 Å². The quantitative estimate of drug-likeness (QED) is 0.788. The fourth-order valence-electron chi connectivity index (χ4n) is 2.59. The zero-order chi connectivity index (χ0) is 11.1. The van der Waals surface area contributed by atoms with Crippen LogP contribution in [0.4, 0.5) is 0 Å². The van der Waals surface area contributed by atoms with Crippen molar-refractivity contribution < 1.29 is 5.11 Å². The SMILES string of the molecule is Cn1cc(O)nc1C1Cc2ccccc2C1. The largest absolute Gasteiger partial charge is 0.492 e. The normalized spacial score (nSPS) is 15.3. The van der Waals surface area contributed by atoms with Crippen molar-refractivity contribution >= 4 is 0 Å². The number of hydrogen-bond donors (Lipinski definition) is 1. The Morgan fingerprint density at radius 2 is 1.88 bits per heavy atom. The maximum atomic E-state index is 9.38. The van der Waals surface area contributed by atoms with Crippen LogP contribution in [0, 0.1) is 0 Å². The number of hydrogen-bond acceptors (Lipinski definition) is 2. The van der Waals surface area contributed by atoms with Crippen molar-refractivity contribution in [2.75, 3.05) is 0 Å². The number of aryl methyl sites for hydroxylation is 1. The van der Waals surface area contributed by atoms with Crippen molar-refractivity contribution in [2.45, 2.75) is 18.8 Å². The first-order valence-electron chi connectivity index (χ1n) is 5.53. The Bertz CT molecular complexity index is 505. The van der Waals surface area contributed by atoms with Crippen molar-refractivity contribution in [3.63, 3.8) is 0 Å². The van der Waals surface area contributed by atoms with Gasteiger partial charge >= 0.3 is 0 Å². The Morgan fingerprint density at radius 1 is 1.25 bits per heavy atom. The summed E-state index contributed by atoms with van der Waals surface area (Å²) in [6.07, 6.45) is 3.72. The van der Waals surface area contributed by atoms with E-state index in [0.29, 0.717) is 5.92 Å². The highest BCUT2D eigenvalue weighted by Gasteiger charge is 2.25. The van der Waals surface area contributed by atoms with Crippen molar-refractivity contribution in [2.24, 2.45) is 7.05 Å². The summed E-state index contributed by atoms with van der Waals surface area (Å²) >= 11 is 0. The van der Waals surface area contributed by atoms with Gasteiger partial charge in [-0.15, -0.1) is 0 Å². The Labute approximate surface area is 94.4 Å². The molecule has 0 atom stereocenters. The van der Waals surface area contributed by atoms with Crippen molar-refractivity contribution in [3.8, 4) is 5.88 Å². The first-order chi connectivity index (χ1) is 7.74. The van der Waals surface area contributed by atoms with Crippen LogP contribution in [0.1, 0.15) is 22.9 Å². The van der Waals surface area contributed by atoms with E-state index in [-0.39, 0.29) is 5.88 Å². The minimum absolute atomic E-state index is 0.119. The van der Waals surface area contributed by atoms with Crippen molar-refractivity contribution in [3.05, 3.63) is 47.4 Å². The molecule has 2 aromatic rings. The molecule has 0 saturated heterocycles. The van der Waals surface area contributed by atoms with Crippen LogP contribution in [0.2, 0.25) is 0 Å². The smallest absolute Gasteiger partial charge is 0.229 e. The van der Waals surface area contributed by atoms with Gasteiger partial charge < -0.3 is 9.67 Å². The van der Waals surface area contributed by atoms with Gasteiger partial charge in [0.05, 0.1) is 6.20 Å². The van der Waals surface area contributed by atoms with Crippen LogP contribution in [0.25, 0.3) is 0 Å². The molecule has 1 aromatic carbocycles. The number of aromatic nitrogens is 2. The van der Waals surface area contributed by atoms with Crippen LogP contribution in [0.15, 0.2) is 30.5 Å². The minimum Gasteiger partial charge on any atom is -0.492 e. The van der Waals surface area contributed by atoms with Gasteiger partial charge in [0.25, 0.3) is 0 Å². The molecule has 16 heavy (non-hydrogen) atoms. The lowest BCUT2D eigenvalue weighted by Gasteiger charge is -2.07. The second kappa shape index (κ2) is 3.37. The van der Waals surface area contributed by atoms with Gasteiger partial charge in [0, 0.05) is 13.0 Å². The Hall–Kier alpha value is -1.77. The summed E-state index contributed by atoms with van der Waals surface area (Å²) in [6, 6.07) is 8.52. The van der Waals surface area contributed by atoms with E-state index in [1.807, 2.05) is 11.6 Å². The summed E-state index contributed by atoms with van der Waals surface area (Å²) in [7, 11) is 1.94. The molecule has 1 aliphatic rings. The average molecular weight is 214 g/mol. The zero-order valence-corrected chi connectivity index (χ0v) is 9.22. The number of fused-ring (bicyclic) bond motifs is 1. The highest BCUT2D eigenvalue weighted by atomic mass is 16.3. The summed E-state index contributed by atoms with van der Waals surface area (Å²) in [5.41, 5.74) is 2.82. The molecule has 3 nitrogen and oxygen atoms in total. The molecule has 1 aliphatic carbocycles. The van der Waals surface area contributed by atoms with Gasteiger partial charge in [-0.05, 0) is 24.0 Å². The minimum atomic E-state index is 0.119. The topological polar surface area (TPSA) is 38.0 Å². The summed E-state index contributed by atoms with van der Waals surface area (Å²) in [4.78, 5) is 4.19. The standard InChI is InChI=1S/C13H14N2O/c1-15-8-12(16)14-13(15)11-6-9-4-2-3-5-10(9)7-11/h2-5,8,11,16H,6-7H2,1H3. The highest BCUT2D eigenvalue weighted by Crippen LogP contribution is 2.33. The molecule has 0 saturated carbocycles. The zero-order valence-electron chi connectivity index (χ0n) is 9.22. The van der Waals surface area contributed by atoms with Crippen LogP contribution >= 0.6 is 0 Å². The fourth-order valence-corrected chi connectivity index (χ4v) is 2.59. The molecule has 0 unspecified atom stereocenters. The van der Waals surface area contributed by atoms with Gasteiger partial charge in [-0.3, -0.25) is 0 Å². The molecule has 0 spiro atoms. The summed E-state index contributed by atoms with van der Waals surface area (Å²) in [6.45, 7) is 0. The van der Waals surface area contributed by atoms with E-state index in [0.717, 1.165) is 18.7 Å². The van der Waals surface area contributed by atoms with Crippen LogP contribution in [0.5, 0.6) is 5.88 Å². The van der Waals surface area contributed by atoms with Crippen LogP contribution < -0.4 is 0 Å². The van der Waals surface area contributed by atoms with Gasteiger partial charge in [-0.2, -0.15) is 4.98 Å². The lowest BCUT2D eigenvalue weighted by Crippen LogP contribution is -2.05. The van der Waals surface area contributed by atoms with Crippen LogP contribution in [-0.2, 0) is 19.9 Å². The monoisotopic (exact) mass is 214 g/mol. The number of nitrogens with zero attached hydrogens (tertiary/aromatic N) is 2. The highest BCUT2D eigenvalue weighted by molar-refractivity contribution is 5.35. The third-order valence-electron chi connectivity index (χ3n) is 3.32. The van der Waals surface area contributed by atoms with E-state index in [4.69, 9.17) is 0 Å². The molecular weight excluding hydrogens is 200 g/mol. The van der Waals surface area contributed by atoms with E-state index < -0.39 is 0 Å². The van der Waals surface area contributed by atoms with Crippen molar-refractivity contribution in [1.82, 2.24) is 9.55 Å². The molecular formula is C13H14N2O. The van der Waals surface area contributed by atoms with E-state index in [2.05, 4.69) is 29.2 Å². The molecule has 3 rings (SSSR count). The molecule has 1 aromatic heterocycles. The van der Waals surface area contributed by atoms with Crippen LogP contribution in [-0.4, -0.2) is 14.7 Å². The average Bonchev–Trinajstić information content (AvgIpc) is 2.81. The summed E-state index contributed by atoms with van der Waals surface area (Å²) in [5, 5.41) is 9.38. The number of imidazole rings is 1. The first kappa shape index (κ1) is 9.46. The maximum absolute atomic E-state index is 9.38. The van der Waals surface area contributed by atoms with Crippen LogP contribution in [0.3, 0.4) is 0 Å². The number of rotatable bonds is 1. The summed E-state index contributed by atoms with van der Waals surface area (Å²) in [5.74, 6) is 1.51. The fraction of sp³-hybridized carbons (Fsp3) is 0.308.